The van der Waals surface area contributed by atoms with Crippen molar-refractivity contribution in [3.63, 3.8) is 0 Å². The molecule has 0 aliphatic heterocycles. The van der Waals surface area contributed by atoms with Crippen molar-refractivity contribution in [2.75, 3.05) is 7.11 Å². The fourth-order valence-electron chi connectivity index (χ4n) is 3.10. The summed E-state index contributed by atoms with van der Waals surface area (Å²) in [5, 5.41) is 2.88. The number of carbonyl (C=O) groups is 1. The molecule has 0 radical (unpaired) electrons. The van der Waals surface area contributed by atoms with Gasteiger partial charge in [-0.2, -0.15) is 0 Å². The van der Waals surface area contributed by atoms with Crippen molar-refractivity contribution in [3.8, 4) is 10.6 Å². The molecule has 0 saturated heterocycles. The second kappa shape index (κ2) is 6.57. The van der Waals surface area contributed by atoms with Gasteiger partial charge < -0.3 is 4.74 Å². The van der Waals surface area contributed by atoms with Crippen LogP contribution in [-0.4, -0.2) is 18.1 Å². The number of carbonyl (C=O) groups excluding carboxylic acids is 1. The molecule has 0 spiro atoms. The van der Waals surface area contributed by atoms with Crippen molar-refractivity contribution in [3.05, 3.63) is 41.2 Å². The lowest BCUT2D eigenvalue weighted by Gasteiger charge is -2.28. The first-order chi connectivity index (χ1) is 10.7. The summed E-state index contributed by atoms with van der Waals surface area (Å²) in [7, 11) is 1.44. The van der Waals surface area contributed by atoms with Gasteiger partial charge in [-0.05, 0) is 37.1 Å². The minimum atomic E-state index is -0.251. The highest BCUT2D eigenvalue weighted by molar-refractivity contribution is 7.13. The summed E-state index contributed by atoms with van der Waals surface area (Å²) in [6.07, 6.45) is 4.00. The predicted octanol–water partition coefficient (Wildman–Crippen LogP) is 4.40. The van der Waals surface area contributed by atoms with Crippen LogP contribution in [0.2, 0.25) is 0 Å². The van der Waals surface area contributed by atoms with Crippen LogP contribution in [0.4, 0.5) is 4.39 Å². The van der Waals surface area contributed by atoms with E-state index in [0.717, 1.165) is 41.9 Å². The second-order valence-corrected chi connectivity index (χ2v) is 6.46. The monoisotopic (exact) mass is 319 g/mol. The normalized spacial score (nSPS) is 21.5. The van der Waals surface area contributed by atoms with Crippen molar-refractivity contribution in [1.82, 2.24) is 4.98 Å². The number of methoxy groups -OCH3 is 1. The number of benzene rings is 1. The van der Waals surface area contributed by atoms with Crippen LogP contribution in [0.1, 0.15) is 37.3 Å². The standard InChI is InChI=1S/C17H18FNO2S/c1-21-17(20)14-5-3-2-4-13(14)15-10-22-16(19-15)11-6-8-12(18)9-7-11/h6-10,13-14H,2-5H2,1H3. The molecule has 2 unspecified atom stereocenters. The molecule has 22 heavy (non-hydrogen) atoms. The summed E-state index contributed by atoms with van der Waals surface area (Å²) >= 11 is 1.54. The third-order valence-corrected chi connectivity index (χ3v) is 5.17. The van der Waals surface area contributed by atoms with Crippen molar-refractivity contribution in [1.29, 1.82) is 0 Å². The van der Waals surface area contributed by atoms with Gasteiger partial charge in [0, 0.05) is 16.9 Å². The highest BCUT2D eigenvalue weighted by Gasteiger charge is 2.34. The van der Waals surface area contributed by atoms with Crippen molar-refractivity contribution in [2.45, 2.75) is 31.6 Å². The highest BCUT2D eigenvalue weighted by atomic mass is 32.1. The van der Waals surface area contributed by atoms with Crippen LogP contribution >= 0.6 is 11.3 Å². The average Bonchev–Trinajstić information content (AvgIpc) is 3.04. The van der Waals surface area contributed by atoms with Gasteiger partial charge in [-0.15, -0.1) is 11.3 Å². The van der Waals surface area contributed by atoms with E-state index in [1.807, 2.05) is 5.38 Å². The van der Waals surface area contributed by atoms with E-state index in [1.54, 1.807) is 12.1 Å². The number of rotatable bonds is 3. The molecule has 3 nitrogen and oxygen atoms in total. The number of hydrogen-bond acceptors (Lipinski definition) is 4. The molecule has 5 heteroatoms. The third-order valence-electron chi connectivity index (χ3n) is 4.26. The predicted molar refractivity (Wildman–Crippen MR) is 84.2 cm³/mol. The van der Waals surface area contributed by atoms with E-state index >= 15 is 0 Å². The van der Waals surface area contributed by atoms with Crippen molar-refractivity contribution in [2.24, 2.45) is 5.92 Å². The SMILES string of the molecule is COC(=O)C1CCCCC1c1csc(-c2ccc(F)cc2)n1. The van der Waals surface area contributed by atoms with Gasteiger partial charge in [-0.25, -0.2) is 9.37 Å². The van der Waals surface area contributed by atoms with Gasteiger partial charge in [0.25, 0.3) is 0 Å². The van der Waals surface area contributed by atoms with Gasteiger partial charge in [-0.1, -0.05) is 12.8 Å². The minimum Gasteiger partial charge on any atom is -0.469 e. The van der Waals surface area contributed by atoms with Crippen LogP contribution < -0.4 is 0 Å². The smallest absolute Gasteiger partial charge is 0.309 e. The molecule has 1 aliphatic carbocycles. The summed E-state index contributed by atoms with van der Waals surface area (Å²) in [6.45, 7) is 0. The Morgan fingerprint density at radius 2 is 2.00 bits per heavy atom. The molecule has 2 atom stereocenters. The zero-order valence-electron chi connectivity index (χ0n) is 12.4. The average molecular weight is 319 g/mol. The van der Waals surface area contributed by atoms with Crippen molar-refractivity contribution < 1.29 is 13.9 Å². The molecule has 116 valence electrons. The summed E-state index contributed by atoms with van der Waals surface area (Å²) in [4.78, 5) is 16.7. The van der Waals surface area contributed by atoms with Crippen molar-refractivity contribution >= 4 is 17.3 Å². The Bertz CT molecular complexity index is 653. The number of aromatic nitrogens is 1. The Kier molecular flexibility index (Phi) is 4.52. The van der Waals surface area contributed by atoms with E-state index in [0.29, 0.717) is 0 Å². The number of halogens is 1. The molecule has 1 aromatic heterocycles. The number of ether oxygens (including phenoxy) is 1. The fourth-order valence-corrected chi connectivity index (χ4v) is 3.99. The van der Waals surface area contributed by atoms with Gasteiger partial charge in [-0.3, -0.25) is 4.79 Å². The highest BCUT2D eigenvalue weighted by Crippen LogP contribution is 2.39. The summed E-state index contributed by atoms with van der Waals surface area (Å²) < 4.78 is 18.0. The van der Waals surface area contributed by atoms with E-state index in [1.165, 1.54) is 30.6 Å². The molecule has 3 rings (SSSR count). The molecule has 0 amide bonds. The van der Waals surface area contributed by atoms with Crippen LogP contribution in [-0.2, 0) is 9.53 Å². The zero-order chi connectivity index (χ0) is 15.5. The Hall–Kier alpha value is -1.75. The third kappa shape index (κ3) is 3.04. The number of thiazole rings is 1. The zero-order valence-corrected chi connectivity index (χ0v) is 13.2. The van der Waals surface area contributed by atoms with E-state index in [9.17, 15) is 9.18 Å². The van der Waals surface area contributed by atoms with Crippen LogP contribution in [0.3, 0.4) is 0 Å². The van der Waals surface area contributed by atoms with E-state index in [-0.39, 0.29) is 23.6 Å². The molecule has 1 aliphatic rings. The first-order valence-corrected chi connectivity index (χ1v) is 8.36. The summed E-state index contributed by atoms with van der Waals surface area (Å²) in [5.74, 6) is -0.354. The van der Waals surface area contributed by atoms with Gasteiger partial charge in [0.05, 0.1) is 18.7 Å². The van der Waals surface area contributed by atoms with E-state index < -0.39 is 0 Å². The molecule has 1 heterocycles. The molecular weight excluding hydrogens is 301 g/mol. The Balaban J connectivity index is 1.85. The van der Waals surface area contributed by atoms with Crippen LogP contribution in [0, 0.1) is 11.7 Å². The van der Waals surface area contributed by atoms with Gasteiger partial charge in [0.2, 0.25) is 0 Å². The maximum absolute atomic E-state index is 13.0. The van der Waals surface area contributed by atoms with Gasteiger partial charge in [0.15, 0.2) is 0 Å². The maximum Gasteiger partial charge on any atom is 0.309 e. The first-order valence-electron chi connectivity index (χ1n) is 7.48. The number of esters is 1. The maximum atomic E-state index is 13.0. The summed E-state index contributed by atoms with van der Waals surface area (Å²) in [6, 6.07) is 6.34. The molecule has 1 aromatic carbocycles. The lowest BCUT2D eigenvalue weighted by atomic mass is 9.78. The minimum absolute atomic E-state index is 0.0954. The van der Waals surface area contributed by atoms with Gasteiger partial charge in [0.1, 0.15) is 10.8 Å². The van der Waals surface area contributed by atoms with Crippen LogP contribution in [0.25, 0.3) is 10.6 Å². The molecular formula is C17H18FNO2S. The molecule has 0 bridgehead atoms. The van der Waals surface area contributed by atoms with E-state index in [2.05, 4.69) is 4.98 Å². The Labute approximate surface area is 133 Å². The number of hydrogen-bond donors (Lipinski definition) is 0. The number of nitrogens with zero attached hydrogens (tertiary/aromatic N) is 1. The van der Waals surface area contributed by atoms with Gasteiger partial charge >= 0.3 is 5.97 Å². The second-order valence-electron chi connectivity index (χ2n) is 5.61. The Morgan fingerprint density at radius 1 is 1.27 bits per heavy atom. The largest absolute Gasteiger partial charge is 0.469 e. The van der Waals surface area contributed by atoms with Crippen LogP contribution in [0.15, 0.2) is 29.6 Å². The lowest BCUT2D eigenvalue weighted by molar-refractivity contribution is -0.147. The first kappa shape index (κ1) is 15.2. The van der Waals surface area contributed by atoms with E-state index in [4.69, 9.17) is 4.74 Å². The quantitative estimate of drug-likeness (QED) is 0.787. The Morgan fingerprint density at radius 3 is 2.73 bits per heavy atom. The molecule has 2 aromatic rings. The molecule has 0 N–H and O–H groups in total. The fraction of sp³-hybridized carbons (Fsp3) is 0.412. The van der Waals surface area contributed by atoms with Crippen LogP contribution in [0.5, 0.6) is 0 Å². The topological polar surface area (TPSA) is 39.2 Å². The molecule has 1 saturated carbocycles. The summed E-state index contributed by atoms with van der Waals surface area (Å²) in [5.41, 5.74) is 1.86. The molecule has 1 fully saturated rings. The lowest BCUT2D eigenvalue weighted by Crippen LogP contribution is -2.27.